The maximum absolute atomic E-state index is 12.5. The Hall–Kier alpha value is -1.95. The molecule has 0 fully saturated rings. The van der Waals surface area contributed by atoms with Gasteiger partial charge in [-0.1, -0.05) is 43.3 Å². The Kier molecular flexibility index (Phi) is 6.02. The number of carbonyl (C=O) groups excluding carboxylic acids is 1. The molecule has 2 heterocycles. The van der Waals surface area contributed by atoms with Crippen molar-refractivity contribution in [2.75, 3.05) is 6.54 Å². The number of hydrogen-bond acceptors (Lipinski definition) is 4. The third-order valence-corrected chi connectivity index (χ3v) is 6.37. The van der Waals surface area contributed by atoms with E-state index >= 15 is 0 Å². The number of amides is 1. The first-order chi connectivity index (χ1) is 12.2. The Morgan fingerprint density at radius 3 is 2.56 bits per heavy atom. The average molecular weight is 372 g/mol. The van der Waals surface area contributed by atoms with Crippen molar-refractivity contribution in [3.8, 4) is 9.75 Å². The number of thiophene rings is 2. The van der Waals surface area contributed by atoms with E-state index in [0.29, 0.717) is 0 Å². The van der Waals surface area contributed by atoms with Crippen LogP contribution in [0.3, 0.4) is 0 Å². The molecule has 130 valence electrons. The molecule has 3 aromatic rings. The number of hydrogen-bond donors (Lipinski definition) is 2. The first-order valence-corrected chi connectivity index (χ1v) is 10.0. The van der Waals surface area contributed by atoms with Gasteiger partial charge in [-0.05, 0) is 35.6 Å². The molecule has 0 aliphatic heterocycles. The van der Waals surface area contributed by atoms with Crippen LogP contribution >= 0.6 is 22.7 Å². The number of nitrogens with one attached hydrogen (secondary N) is 1. The van der Waals surface area contributed by atoms with Crippen LogP contribution in [-0.2, 0) is 4.79 Å². The fourth-order valence-corrected chi connectivity index (χ4v) is 4.59. The van der Waals surface area contributed by atoms with Crippen LogP contribution in [0.4, 0.5) is 0 Å². The van der Waals surface area contributed by atoms with E-state index in [2.05, 4.69) is 11.4 Å². The number of rotatable bonds is 7. The minimum absolute atomic E-state index is 0.0391. The van der Waals surface area contributed by atoms with Gasteiger partial charge < -0.3 is 10.4 Å². The SMILES string of the molecule is CC[C@@H](C(=O)NC[C@@H](O)c1ccc(-c2cccs2)s1)c1ccccc1. The zero-order valence-corrected chi connectivity index (χ0v) is 15.6. The van der Waals surface area contributed by atoms with Crippen molar-refractivity contribution in [3.63, 3.8) is 0 Å². The largest absolute Gasteiger partial charge is 0.386 e. The lowest BCUT2D eigenvalue weighted by molar-refractivity contribution is -0.123. The highest BCUT2D eigenvalue weighted by Crippen LogP contribution is 2.33. The van der Waals surface area contributed by atoms with E-state index in [1.54, 1.807) is 22.7 Å². The maximum atomic E-state index is 12.5. The lowest BCUT2D eigenvalue weighted by atomic mass is 9.95. The molecule has 0 unspecified atom stereocenters. The van der Waals surface area contributed by atoms with Crippen molar-refractivity contribution in [1.82, 2.24) is 5.32 Å². The second kappa shape index (κ2) is 8.43. The van der Waals surface area contributed by atoms with Crippen molar-refractivity contribution < 1.29 is 9.90 Å². The van der Waals surface area contributed by atoms with E-state index < -0.39 is 6.10 Å². The predicted molar refractivity (Wildman–Crippen MR) is 105 cm³/mol. The summed E-state index contributed by atoms with van der Waals surface area (Å²) in [4.78, 5) is 15.7. The van der Waals surface area contributed by atoms with Gasteiger partial charge >= 0.3 is 0 Å². The highest BCUT2D eigenvalue weighted by molar-refractivity contribution is 7.21. The fourth-order valence-electron chi connectivity index (χ4n) is 2.76. The topological polar surface area (TPSA) is 49.3 Å². The molecule has 5 heteroatoms. The Labute approximate surface area is 156 Å². The number of aliphatic hydroxyl groups excluding tert-OH is 1. The molecule has 25 heavy (non-hydrogen) atoms. The van der Waals surface area contributed by atoms with Crippen molar-refractivity contribution in [2.24, 2.45) is 0 Å². The molecular weight excluding hydrogens is 350 g/mol. The van der Waals surface area contributed by atoms with Crippen molar-refractivity contribution in [1.29, 1.82) is 0 Å². The summed E-state index contributed by atoms with van der Waals surface area (Å²) in [5, 5.41) is 15.3. The quantitative estimate of drug-likeness (QED) is 0.625. The molecule has 0 spiro atoms. The van der Waals surface area contributed by atoms with Gasteiger partial charge in [-0.25, -0.2) is 0 Å². The van der Waals surface area contributed by atoms with E-state index in [1.165, 1.54) is 4.88 Å². The van der Waals surface area contributed by atoms with E-state index in [4.69, 9.17) is 0 Å². The molecule has 1 amide bonds. The zero-order valence-electron chi connectivity index (χ0n) is 14.0. The predicted octanol–water partition coefficient (Wildman–Crippen LogP) is 4.82. The van der Waals surface area contributed by atoms with E-state index in [1.807, 2.05) is 60.8 Å². The van der Waals surface area contributed by atoms with Crippen LogP contribution in [-0.4, -0.2) is 17.6 Å². The Morgan fingerprint density at radius 1 is 1.08 bits per heavy atom. The molecule has 0 aliphatic carbocycles. The lowest BCUT2D eigenvalue weighted by Crippen LogP contribution is -2.32. The molecule has 0 aliphatic rings. The summed E-state index contributed by atoms with van der Waals surface area (Å²) in [5.74, 6) is -0.221. The molecule has 2 atom stereocenters. The normalized spacial score (nSPS) is 13.4. The minimum Gasteiger partial charge on any atom is -0.386 e. The van der Waals surface area contributed by atoms with E-state index in [0.717, 1.165) is 21.7 Å². The van der Waals surface area contributed by atoms with Gasteiger partial charge in [0.15, 0.2) is 0 Å². The zero-order chi connectivity index (χ0) is 17.6. The smallest absolute Gasteiger partial charge is 0.227 e. The van der Waals surface area contributed by atoms with E-state index in [-0.39, 0.29) is 18.4 Å². The number of benzene rings is 1. The van der Waals surface area contributed by atoms with Crippen molar-refractivity contribution in [2.45, 2.75) is 25.4 Å². The highest BCUT2D eigenvalue weighted by atomic mass is 32.1. The second-order valence-electron chi connectivity index (χ2n) is 5.81. The van der Waals surface area contributed by atoms with Crippen LogP contribution in [0.15, 0.2) is 60.0 Å². The van der Waals surface area contributed by atoms with Crippen LogP contribution in [0.25, 0.3) is 9.75 Å². The van der Waals surface area contributed by atoms with Crippen LogP contribution in [0.5, 0.6) is 0 Å². The van der Waals surface area contributed by atoms with Gasteiger partial charge in [0.05, 0.1) is 5.92 Å². The van der Waals surface area contributed by atoms with Crippen LogP contribution < -0.4 is 5.32 Å². The molecule has 3 nitrogen and oxygen atoms in total. The fraction of sp³-hybridized carbons (Fsp3) is 0.250. The summed E-state index contributed by atoms with van der Waals surface area (Å²) in [6, 6.07) is 17.8. The van der Waals surface area contributed by atoms with Gasteiger partial charge in [0, 0.05) is 21.2 Å². The molecule has 1 aromatic carbocycles. The summed E-state index contributed by atoms with van der Waals surface area (Å²) < 4.78 is 0. The highest BCUT2D eigenvalue weighted by Gasteiger charge is 2.20. The standard InChI is InChI=1S/C20H21NO2S2/c1-2-15(14-7-4-3-5-8-14)20(23)21-13-16(22)17-10-11-19(25-17)18-9-6-12-24-18/h3-12,15-16,22H,2,13H2,1H3,(H,21,23)/t15-,16-/m1/s1. The monoisotopic (exact) mass is 371 g/mol. The van der Waals surface area contributed by atoms with E-state index in [9.17, 15) is 9.90 Å². The van der Waals surface area contributed by atoms with Gasteiger partial charge in [-0.3, -0.25) is 4.79 Å². The number of aliphatic hydroxyl groups is 1. The second-order valence-corrected chi connectivity index (χ2v) is 7.87. The summed E-state index contributed by atoms with van der Waals surface area (Å²) in [5.41, 5.74) is 1.01. The first kappa shape index (κ1) is 17.9. The first-order valence-electron chi connectivity index (χ1n) is 8.33. The summed E-state index contributed by atoms with van der Waals surface area (Å²) in [6.07, 6.45) is 0.0453. The molecule has 0 saturated carbocycles. The Balaban J connectivity index is 1.60. The molecule has 0 bridgehead atoms. The van der Waals surface area contributed by atoms with Crippen molar-refractivity contribution >= 4 is 28.6 Å². The lowest BCUT2D eigenvalue weighted by Gasteiger charge is -2.17. The summed E-state index contributed by atoms with van der Waals surface area (Å²) in [7, 11) is 0. The molecule has 2 N–H and O–H groups in total. The number of carbonyl (C=O) groups is 1. The Bertz CT molecular complexity index is 796. The Morgan fingerprint density at radius 2 is 1.88 bits per heavy atom. The van der Waals surface area contributed by atoms with Crippen LogP contribution in [0, 0.1) is 0 Å². The van der Waals surface area contributed by atoms with Crippen LogP contribution in [0.1, 0.15) is 35.8 Å². The third kappa shape index (κ3) is 4.37. The van der Waals surface area contributed by atoms with Crippen molar-refractivity contribution in [3.05, 3.63) is 70.4 Å². The molecule has 2 aromatic heterocycles. The maximum Gasteiger partial charge on any atom is 0.227 e. The molecule has 3 rings (SSSR count). The third-order valence-electron chi connectivity index (χ3n) is 4.12. The van der Waals surface area contributed by atoms with Gasteiger partial charge in [-0.15, -0.1) is 22.7 Å². The molecule has 0 saturated heterocycles. The molecular formula is C20H21NO2S2. The van der Waals surface area contributed by atoms with Gasteiger partial charge in [-0.2, -0.15) is 0 Å². The summed E-state index contributed by atoms with van der Waals surface area (Å²) in [6.45, 7) is 2.23. The van der Waals surface area contributed by atoms with Gasteiger partial charge in [0.25, 0.3) is 0 Å². The van der Waals surface area contributed by atoms with Crippen LogP contribution in [0.2, 0.25) is 0 Å². The molecule has 0 radical (unpaired) electrons. The average Bonchev–Trinajstić information content (AvgIpc) is 3.32. The van der Waals surface area contributed by atoms with Gasteiger partial charge in [0.1, 0.15) is 6.10 Å². The minimum atomic E-state index is -0.684. The summed E-state index contributed by atoms with van der Waals surface area (Å²) >= 11 is 3.25. The van der Waals surface area contributed by atoms with Gasteiger partial charge in [0.2, 0.25) is 5.91 Å².